The largest absolute Gasteiger partial charge is 0.493 e. The Morgan fingerprint density at radius 3 is 2.74 bits per heavy atom. The molecule has 1 saturated heterocycles. The van der Waals surface area contributed by atoms with Crippen LogP contribution in [0, 0.1) is 0 Å². The number of methoxy groups -OCH3 is 1. The number of carbonyl (C=O) groups is 1. The van der Waals surface area contributed by atoms with E-state index in [1.54, 1.807) is 17.0 Å². The number of amides is 1. The van der Waals surface area contributed by atoms with Crippen molar-refractivity contribution in [1.82, 2.24) is 10.2 Å². The number of halogens is 2. The van der Waals surface area contributed by atoms with Gasteiger partial charge >= 0.3 is 6.61 Å². The molecule has 1 N–H and O–H groups in total. The van der Waals surface area contributed by atoms with Gasteiger partial charge in [0.25, 0.3) is 5.91 Å². The average Bonchev–Trinajstić information content (AvgIpc) is 3.28. The standard InChI is InChI=1S/C15H14F2N2O3S/c1-21-12-7-8(2-5-11(12)22-14(16)17)6-10-13(20)19(9-3-4-9)15(23)18-10/h2,5-7,9,14H,3-4H2,1H3,(H,18,23)/b10-6-. The minimum atomic E-state index is -2.93. The van der Waals surface area contributed by atoms with Crippen molar-refractivity contribution in [3.63, 3.8) is 0 Å². The maximum atomic E-state index is 12.3. The minimum absolute atomic E-state index is 0.0644. The summed E-state index contributed by atoms with van der Waals surface area (Å²) in [5, 5.41) is 3.28. The number of alkyl halides is 2. The average molecular weight is 340 g/mol. The molecule has 0 unspecified atom stereocenters. The molecule has 23 heavy (non-hydrogen) atoms. The first-order valence-corrected chi connectivity index (χ1v) is 7.39. The van der Waals surface area contributed by atoms with Crippen LogP contribution in [-0.2, 0) is 4.79 Å². The Hall–Kier alpha value is -2.22. The van der Waals surface area contributed by atoms with Gasteiger partial charge in [-0.15, -0.1) is 0 Å². The zero-order valence-electron chi connectivity index (χ0n) is 12.2. The molecule has 0 aromatic heterocycles. The van der Waals surface area contributed by atoms with Crippen LogP contribution < -0.4 is 14.8 Å². The molecule has 0 atom stereocenters. The van der Waals surface area contributed by atoms with Crippen LogP contribution in [0.1, 0.15) is 18.4 Å². The highest BCUT2D eigenvalue weighted by Crippen LogP contribution is 2.32. The van der Waals surface area contributed by atoms with E-state index >= 15 is 0 Å². The van der Waals surface area contributed by atoms with E-state index in [1.165, 1.54) is 19.2 Å². The SMILES string of the molecule is COc1cc(/C=C2\NC(=S)N(C3CC3)C2=O)ccc1OC(F)F. The molecule has 1 aliphatic carbocycles. The minimum Gasteiger partial charge on any atom is -0.493 e. The van der Waals surface area contributed by atoms with E-state index in [1.807, 2.05) is 0 Å². The Labute approximate surface area is 136 Å². The van der Waals surface area contributed by atoms with Gasteiger partial charge in [-0.05, 0) is 48.8 Å². The van der Waals surface area contributed by atoms with E-state index in [0.29, 0.717) is 16.4 Å². The summed E-state index contributed by atoms with van der Waals surface area (Å²) in [4.78, 5) is 13.9. The van der Waals surface area contributed by atoms with Crippen molar-refractivity contribution in [3.8, 4) is 11.5 Å². The van der Waals surface area contributed by atoms with E-state index in [9.17, 15) is 13.6 Å². The lowest BCUT2D eigenvalue weighted by atomic mass is 10.1. The van der Waals surface area contributed by atoms with Crippen molar-refractivity contribution >= 4 is 29.3 Å². The van der Waals surface area contributed by atoms with E-state index in [-0.39, 0.29) is 23.4 Å². The van der Waals surface area contributed by atoms with Gasteiger partial charge in [-0.2, -0.15) is 8.78 Å². The second-order valence-corrected chi connectivity index (χ2v) is 5.57. The summed E-state index contributed by atoms with van der Waals surface area (Å²) in [6.07, 6.45) is 3.51. The zero-order valence-corrected chi connectivity index (χ0v) is 13.0. The number of nitrogens with zero attached hydrogens (tertiary/aromatic N) is 1. The van der Waals surface area contributed by atoms with Crippen molar-refractivity contribution in [1.29, 1.82) is 0 Å². The number of thiocarbonyl (C=S) groups is 1. The van der Waals surface area contributed by atoms with Crippen LogP contribution in [0.5, 0.6) is 11.5 Å². The second-order valence-electron chi connectivity index (χ2n) is 5.18. The number of hydrogen-bond donors (Lipinski definition) is 1. The maximum Gasteiger partial charge on any atom is 0.387 e. The Bertz CT molecular complexity index is 689. The molecule has 1 aliphatic heterocycles. The summed E-state index contributed by atoms with van der Waals surface area (Å²) in [6, 6.07) is 4.63. The van der Waals surface area contributed by atoms with Gasteiger partial charge in [0.1, 0.15) is 5.70 Å². The Balaban J connectivity index is 1.84. The first kappa shape index (κ1) is 15.7. The van der Waals surface area contributed by atoms with Crippen LogP contribution in [0.15, 0.2) is 23.9 Å². The van der Waals surface area contributed by atoms with Crippen molar-refractivity contribution in [3.05, 3.63) is 29.5 Å². The fourth-order valence-corrected chi connectivity index (χ4v) is 2.69. The first-order chi connectivity index (χ1) is 11.0. The van der Waals surface area contributed by atoms with E-state index < -0.39 is 6.61 Å². The molecular formula is C15H14F2N2O3S. The van der Waals surface area contributed by atoms with Crippen LogP contribution in [-0.4, -0.2) is 35.7 Å². The summed E-state index contributed by atoms with van der Waals surface area (Å²) in [5.41, 5.74) is 0.964. The van der Waals surface area contributed by atoms with Crippen molar-refractivity contribution in [2.24, 2.45) is 0 Å². The van der Waals surface area contributed by atoms with E-state index in [4.69, 9.17) is 17.0 Å². The zero-order chi connectivity index (χ0) is 16.6. The molecule has 2 aliphatic rings. The lowest BCUT2D eigenvalue weighted by Gasteiger charge is -2.11. The lowest BCUT2D eigenvalue weighted by Crippen LogP contribution is -2.32. The molecule has 3 rings (SSSR count). The number of rotatable bonds is 5. The van der Waals surface area contributed by atoms with Gasteiger partial charge in [0.15, 0.2) is 16.6 Å². The molecule has 0 radical (unpaired) electrons. The second kappa shape index (κ2) is 6.11. The van der Waals surface area contributed by atoms with Crippen molar-refractivity contribution in [2.45, 2.75) is 25.5 Å². The van der Waals surface area contributed by atoms with Gasteiger partial charge in [-0.25, -0.2) is 0 Å². The van der Waals surface area contributed by atoms with E-state index in [2.05, 4.69) is 10.1 Å². The molecule has 1 aromatic carbocycles. The van der Waals surface area contributed by atoms with Crippen molar-refractivity contribution in [2.75, 3.05) is 7.11 Å². The molecule has 2 fully saturated rings. The molecule has 0 spiro atoms. The fraction of sp³-hybridized carbons (Fsp3) is 0.333. The van der Waals surface area contributed by atoms with Gasteiger partial charge in [-0.3, -0.25) is 9.69 Å². The predicted octanol–water partition coefficient (Wildman–Crippen LogP) is 2.52. The summed E-state index contributed by atoms with van der Waals surface area (Å²) < 4.78 is 34.0. The lowest BCUT2D eigenvalue weighted by molar-refractivity contribution is -0.122. The number of hydrogen-bond acceptors (Lipinski definition) is 4. The number of ether oxygens (including phenoxy) is 2. The third kappa shape index (κ3) is 3.26. The van der Waals surface area contributed by atoms with E-state index in [0.717, 1.165) is 12.8 Å². The number of benzene rings is 1. The molecule has 5 nitrogen and oxygen atoms in total. The fourth-order valence-electron chi connectivity index (χ4n) is 2.35. The first-order valence-electron chi connectivity index (χ1n) is 6.98. The number of nitrogens with one attached hydrogen (secondary N) is 1. The van der Waals surface area contributed by atoms with Gasteiger partial charge in [0.05, 0.1) is 7.11 Å². The van der Waals surface area contributed by atoms with Crippen LogP contribution >= 0.6 is 12.2 Å². The van der Waals surface area contributed by atoms with Crippen LogP contribution in [0.3, 0.4) is 0 Å². The molecular weight excluding hydrogens is 326 g/mol. The normalized spacial score (nSPS) is 19.5. The van der Waals surface area contributed by atoms with Gasteiger partial charge < -0.3 is 14.8 Å². The Morgan fingerprint density at radius 2 is 2.13 bits per heavy atom. The molecule has 1 amide bonds. The molecule has 0 bridgehead atoms. The van der Waals surface area contributed by atoms with Gasteiger partial charge in [-0.1, -0.05) is 6.07 Å². The van der Waals surface area contributed by atoms with Crippen molar-refractivity contribution < 1.29 is 23.0 Å². The summed E-state index contributed by atoms with van der Waals surface area (Å²) >= 11 is 5.17. The highest BCUT2D eigenvalue weighted by atomic mass is 32.1. The maximum absolute atomic E-state index is 12.3. The molecule has 122 valence electrons. The summed E-state index contributed by atoms with van der Waals surface area (Å²) in [6.45, 7) is -2.93. The van der Waals surface area contributed by atoms with Crippen LogP contribution in [0.4, 0.5) is 8.78 Å². The molecule has 1 heterocycles. The van der Waals surface area contributed by atoms with Gasteiger partial charge in [0.2, 0.25) is 0 Å². The smallest absolute Gasteiger partial charge is 0.387 e. The van der Waals surface area contributed by atoms with Gasteiger partial charge in [0, 0.05) is 6.04 Å². The van der Waals surface area contributed by atoms with Crippen LogP contribution in [0.25, 0.3) is 6.08 Å². The topological polar surface area (TPSA) is 50.8 Å². The molecule has 8 heteroatoms. The number of carbonyl (C=O) groups excluding carboxylic acids is 1. The Morgan fingerprint density at radius 1 is 1.39 bits per heavy atom. The summed E-state index contributed by atoms with van der Waals surface area (Å²) in [5.74, 6) is -0.0819. The molecule has 1 saturated carbocycles. The monoisotopic (exact) mass is 340 g/mol. The Kier molecular flexibility index (Phi) is 4.16. The highest BCUT2D eigenvalue weighted by molar-refractivity contribution is 7.80. The molecule has 1 aromatic rings. The third-order valence-corrected chi connectivity index (χ3v) is 3.84. The quantitative estimate of drug-likeness (QED) is 0.659. The third-order valence-electron chi connectivity index (χ3n) is 3.54. The highest BCUT2D eigenvalue weighted by Gasteiger charge is 2.41. The summed E-state index contributed by atoms with van der Waals surface area (Å²) in [7, 11) is 1.35. The van der Waals surface area contributed by atoms with Crippen LogP contribution in [0.2, 0.25) is 0 Å². The predicted molar refractivity (Wildman–Crippen MR) is 83.2 cm³/mol.